The van der Waals surface area contributed by atoms with Gasteiger partial charge in [0, 0.05) is 18.3 Å². The van der Waals surface area contributed by atoms with Crippen LogP contribution in [-0.4, -0.2) is 30.5 Å². The van der Waals surface area contributed by atoms with Gasteiger partial charge in [0.1, 0.15) is 5.03 Å². The number of hydrogen-bond donors (Lipinski definition) is 0. The maximum Gasteiger partial charge on any atom is 0.243 e. The zero-order chi connectivity index (χ0) is 17.2. The van der Waals surface area contributed by atoms with Crippen LogP contribution in [0.25, 0.3) is 0 Å². The van der Waals surface area contributed by atoms with Gasteiger partial charge >= 0.3 is 0 Å². The first-order valence-corrected chi connectivity index (χ1v) is 10.8. The number of aromatic nitrogens is 1. The largest absolute Gasteiger partial charge is 0.250 e. The lowest BCUT2D eigenvalue weighted by Gasteiger charge is -2.35. The Morgan fingerprint density at radius 3 is 2.62 bits per heavy atom. The Kier molecular flexibility index (Phi) is 5.27. The van der Waals surface area contributed by atoms with Gasteiger partial charge in [-0.3, -0.25) is 0 Å². The van der Waals surface area contributed by atoms with E-state index in [0.29, 0.717) is 11.4 Å². The first-order valence-electron chi connectivity index (χ1n) is 8.11. The van der Waals surface area contributed by atoms with Crippen molar-refractivity contribution in [1.82, 2.24) is 9.29 Å². The van der Waals surface area contributed by atoms with Crippen molar-refractivity contribution in [3.8, 4) is 0 Å². The predicted molar refractivity (Wildman–Crippen MR) is 97.7 cm³/mol. The highest BCUT2D eigenvalue weighted by atomic mass is 32.2. The molecule has 1 atom stereocenters. The van der Waals surface area contributed by atoms with Crippen molar-refractivity contribution in [2.45, 2.75) is 42.1 Å². The minimum absolute atomic E-state index is 0.138. The van der Waals surface area contributed by atoms with Crippen LogP contribution in [0.2, 0.25) is 0 Å². The summed E-state index contributed by atoms with van der Waals surface area (Å²) in [5.74, 6) is 0. The van der Waals surface area contributed by atoms with E-state index >= 15 is 0 Å². The summed E-state index contributed by atoms with van der Waals surface area (Å²) < 4.78 is 28.0. The number of thioether (sulfide) groups is 1. The fraction of sp³-hybridized carbons (Fsp3) is 0.389. The molecule has 0 radical (unpaired) electrons. The molecule has 2 aromatic rings. The molecule has 0 saturated carbocycles. The SMILES string of the molecule is CSc1ncccc1C1CCCCN1S(=O)(=O)c1ccc(C)cc1. The number of benzene rings is 1. The van der Waals surface area contributed by atoms with Gasteiger partial charge < -0.3 is 0 Å². The molecule has 1 aliphatic heterocycles. The second-order valence-corrected chi connectivity index (χ2v) is 8.73. The van der Waals surface area contributed by atoms with Crippen LogP contribution in [0.5, 0.6) is 0 Å². The lowest BCUT2D eigenvalue weighted by Crippen LogP contribution is -2.38. The monoisotopic (exact) mass is 362 g/mol. The molecule has 0 amide bonds. The number of sulfonamides is 1. The Labute approximate surface area is 148 Å². The molecule has 2 heterocycles. The van der Waals surface area contributed by atoms with Crippen LogP contribution in [0, 0.1) is 6.92 Å². The van der Waals surface area contributed by atoms with Gasteiger partial charge in [-0.05, 0) is 44.2 Å². The summed E-state index contributed by atoms with van der Waals surface area (Å²) in [6, 6.07) is 10.9. The molecular formula is C18H22N2O2S2. The first kappa shape index (κ1) is 17.5. The van der Waals surface area contributed by atoms with Crippen LogP contribution in [0.4, 0.5) is 0 Å². The summed E-state index contributed by atoms with van der Waals surface area (Å²) in [5.41, 5.74) is 2.07. The minimum atomic E-state index is -3.50. The lowest BCUT2D eigenvalue weighted by atomic mass is 9.99. The highest BCUT2D eigenvalue weighted by Crippen LogP contribution is 2.38. The third-order valence-electron chi connectivity index (χ3n) is 4.43. The molecule has 1 fully saturated rings. The predicted octanol–water partition coefficient (Wildman–Crippen LogP) is 4.03. The number of pyridine rings is 1. The minimum Gasteiger partial charge on any atom is -0.250 e. The van der Waals surface area contributed by atoms with E-state index in [1.165, 1.54) is 0 Å². The third-order valence-corrected chi connectivity index (χ3v) is 7.08. The van der Waals surface area contributed by atoms with Crippen molar-refractivity contribution in [2.24, 2.45) is 0 Å². The molecular weight excluding hydrogens is 340 g/mol. The molecule has 0 bridgehead atoms. The summed E-state index contributed by atoms with van der Waals surface area (Å²) in [5, 5.41) is 0.911. The maximum absolute atomic E-state index is 13.2. The van der Waals surface area contributed by atoms with Crippen molar-refractivity contribution in [1.29, 1.82) is 0 Å². The van der Waals surface area contributed by atoms with Gasteiger partial charge in [-0.2, -0.15) is 4.31 Å². The third kappa shape index (κ3) is 3.36. The zero-order valence-electron chi connectivity index (χ0n) is 14.0. The van der Waals surface area contributed by atoms with Crippen LogP contribution in [0.3, 0.4) is 0 Å². The standard InChI is InChI=1S/C18H22N2O2S2/c1-14-8-10-15(11-9-14)24(21,22)20-13-4-3-7-17(20)16-6-5-12-19-18(16)23-2/h5-6,8-12,17H,3-4,7,13H2,1-2H3. The summed E-state index contributed by atoms with van der Waals surface area (Å²) in [6.07, 6.45) is 6.51. The van der Waals surface area contributed by atoms with E-state index in [1.54, 1.807) is 34.4 Å². The maximum atomic E-state index is 13.2. The Hall–Kier alpha value is -1.37. The number of hydrogen-bond acceptors (Lipinski definition) is 4. The van der Waals surface area contributed by atoms with Crippen LogP contribution >= 0.6 is 11.8 Å². The quantitative estimate of drug-likeness (QED) is 0.771. The summed E-state index contributed by atoms with van der Waals surface area (Å²) in [7, 11) is -3.50. The van der Waals surface area contributed by atoms with Crippen LogP contribution < -0.4 is 0 Å². The van der Waals surface area contributed by atoms with Gasteiger partial charge in [0.25, 0.3) is 0 Å². The average molecular weight is 363 g/mol. The second-order valence-electron chi connectivity index (χ2n) is 6.04. The van der Waals surface area contributed by atoms with Crippen molar-refractivity contribution >= 4 is 21.8 Å². The topological polar surface area (TPSA) is 50.3 Å². The first-order chi connectivity index (χ1) is 11.5. The van der Waals surface area contributed by atoms with Gasteiger partial charge in [-0.15, -0.1) is 11.8 Å². The van der Waals surface area contributed by atoms with E-state index in [2.05, 4.69) is 4.98 Å². The molecule has 6 heteroatoms. The molecule has 1 aliphatic rings. The zero-order valence-corrected chi connectivity index (χ0v) is 15.6. The van der Waals surface area contributed by atoms with Crippen molar-refractivity contribution in [2.75, 3.05) is 12.8 Å². The fourth-order valence-corrected chi connectivity index (χ4v) is 5.46. The van der Waals surface area contributed by atoms with E-state index in [0.717, 1.165) is 35.4 Å². The fourth-order valence-electron chi connectivity index (χ4n) is 3.18. The molecule has 1 aromatic carbocycles. The average Bonchev–Trinajstić information content (AvgIpc) is 2.62. The highest BCUT2D eigenvalue weighted by molar-refractivity contribution is 7.98. The number of rotatable bonds is 4. The van der Waals surface area contributed by atoms with Gasteiger partial charge in [-0.25, -0.2) is 13.4 Å². The van der Waals surface area contributed by atoms with Crippen molar-refractivity contribution in [3.05, 3.63) is 53.7 Å². The molecule has 4 nitrogen and oxygen atoms in total. The van der Waals surface area contributed by atoms with E-state index < -0.39 is 10.0 Å². The van der Waals surface area contributed by atoms with Gasteiger partial charge in [0.2, 0.25) is 10.0 Å². The summed E-state index contributed by atoms with van der Waals surface area (Å²) in [4.78, 5) is 4.78. The van der Waals surface area contributed by atoms with E-state index in [1.807, 2.05) is 37.4 Å². The molecule has 0 spiro atoms. The molecule has 0 N–H and O–H groups in total. The molecule has 3 rings (SSSR count). The summed E-state index contributed by atoms with van der Waals surface area (Å²) in [6.45, 7) is 2.52. The Bertz CT molecular complexity index is 804. The normalized spacial score (nSPS) is 19.3. The molecule has 24 heavy (non-hydrogen) atoms. The Morgan fingerprint density at radius 1 is 1.17 bits per heavy atom. The summed E-state index contributed by atoms with van der Waals surface area (Å²) >= 11 is 1.57. The van der Waals surface area contributed by atoms with Crippen molar-refractivity contribution in [3.63, 3.8) is 0 Å². The highest BCUT2D eigenvalue weighted by Gasteiger charge is 2.35. The Balaban J connectivity index is 2.02. The second kappa shape index (κ2) is 7.25. The molecule has 1 aromatic heterocycles. The van der Waals surface area contributed by atoms with Crippen LogP contribution in [0.1, 0.15) is 36.4 Å². The molecule has 128 valence electrons. The lowest BCUT2D eigenvalue weighted by molar-refractivity contribution is 0.252. The van der Waals surface area contributed by atoms with E-state index in [-0.39, 0.29) is 6.04 Å². The van der Waals surface area contributed by atoms with Crippen LogP contribution in [-0.2, 0) is 10.0 Å². The van der Waals surface area contributed by atoms with Crippen LogP contribution in [0.15, 0.2) is 52.5 Å². The van der Waals surface area contributed by atoms with Gasteiger partial charge in [-0.1, -0.05) is 30.2 Å². The number of piperidine rings is 1. The van der Waals surface area contributed by atoms with Crippen molar-refractivity contribution < 1.29 is 8.42 Å². The van der Waals surface area contributed by atoms with E-state index in [4.69, 9.17) is 0 Å². The van der Waals surface area contributed by atoms with E-state index in [9.17, 15) is 8.42 Å². The van der Waals surface area contributed by atoms with Gasteiger partial charge in [0.15, 0.2) is 0 Å². The molecule has 1 unspecified atom stereocenters. The molecule has 1 saturated heterocycles. The number of aryl methyl sites for hydroxylation is 1. The molecule has 0 aliphatic carbocycles. The van der Waals surface area contributed by atoms with Gasteiger partial charge in [0.05, 0.1) is 10.9 Å². The number of nitrogens with zero attached hydrogens (tertiary/aromatic N) is 2. The Morgan fingerprint density at radius 2 is 1.92 bits per heavy atom. The smallest absolute Gasteiger partial charge is 0.243 e.